The Labute approximate surface area is 183 Å². The molecule has 4 rings (SSSR count). The molecule has 2 aromatic carbocycles. The molecule has 1 aliphatic rings. The number of nitrogens with two attached hydrogens (primary N) is 1. The number of hydrogen-bond acceptors (Lipinski definition) is 5. The first-order chi connectivity index (χ1) is 15.0. The summed E-state index contributed by atoms with van der Waals surface area (Å²) >= 11 is 5.98. The molecular weight excluding hydrogens is 421 g/mol. The third-order valence-corrected chi connectivity index (χ3v) is 5.29. The molecule has 2 heterocycles. The average Bonchev–Trinajstić information content (AvgIpc) is 3.32. The van der Waals surface area contributed by atoms with Crippen LogP contribution >= 0.6 is 11.6 Å². The second kappa shape index (κ2) is 8.66. The van der Waals surface area contributed by atoms with Crippen LogP contribution in [0.15, 0.2) is 42.5 Å². The summed E-state index contributed by atoms with van der Waals surface area (Å²) in [6, 6.07) is 13.0. The molecule has 158 valence electrons. The average molecular weight is 440 g/mol. The van der Waals surface area contributed by atoms with Crippen LogP contribution in [0.1, 0.15) is 23.2 Å². The Morgan fingerprint density at radius 2 is 2.13 bits per heavy atom. The van der Waals surface area contributed by atoms with Crippen LogP contribution in [0.25, 0.3) is 5.69 Å². The summed E-state index contributed by atoms with van der Waals surface area (Å²) in [5, 5.41) is 17.3. The van der Waals surface area contributed by atoms with Gasteiger partial charge in [-0.3, -0.25) is 4.79 Å². The van der Waals surface area contributed by atoms with Gasteiger partial charge in [0.15, 0.2) is 6.10 Å². The van der Waals surface area contributed by atoms with Crippen molar-refractivity contribution >= 4 is 23.3 Å². The number of rotatable bonds is 6. The predicted octanol–water partition coefficient (Wildman–Crippen LogP) is 3.17. The lowest BCUT2D eigenvalue weighted by atomic mass is 10.1. The SMILES string of the molecule is N#Cc1c(CCCNC(=O)C2Cc3cc(Cl)ccc3O2)nn(-c2ccc(F)cc2)c1N. The van der Waals surface area contributed by atoms with E-state index < -0.39 is 6.10 Å². The summed E-state index contributed by atoms with van der Waals surface area (Å²) in [6.45, 7) is 0.393. The molecule has 0 saturated carbocycles. The van der Waals surface area contributed by atoms with Gasteiger partial charge in [0.1, 0.15) is 29.0 Å². The van der Waals surface area contributed by atoms with Gasteiger partial charge in [-0.25, -0.2) is 9.07 Å². The largest absolute Gasteiger partial charge is 0.480 e. The highest BCUT2D eigenvalue weighted by molar-refractivity contribution is 6.30. The highest BCUT2D eigenvalue weighted by atomic mass is 35.5. The maximum absolute atomic E-state index is 13.2. The first-order valence-corrected chi connectivity index (χ1v) is 10.1. The Bertz CT molecular complexity index is 1170. The number of nitrogens with zero attached hydrogens (tertiary/aromatic N) is 3. The number of nitriles is 1. The molecule has 3 aromatic rings. The highest BCUT2D eigenvalue weighted by Crippen LogP contribution is 2.31. The molecule has 0 bridgehead atoms. The van der Waals surface area contributed by atoms with Crippen LogP contribution < -0.4 is 15.8 Å². The lowest BCUT2D eigenvalue weighted by Gasteiger charge is -2.11. The van der Waals surface area contributed by atoms with Gasteiger partial charge in [0.25, 0.3) is 5.91 Å². The van der Waals surface area contributed by atoms with Crippen molar-refractivity contribution in [2.45, 2.75) is 25.4 Å². The Morgan fingerprint density at radius 3 is 2.87 bits per heavy atom. The standard InChI is InChI=1S/C22H19ClFN5O2/c23-14-3-8-19-13(10-14)11-20(31-19)22(30)27-9-1-2-18-17(12-25)21(26)29(28-18)16-6-4-15(24)5-7-16/h3-8,10,20H,1-2,9,11,26H2,(H,27,30). The van der Waals surface area contributed by atoms with Crippen LogP contribution in [0.3, 0.4) is 0 Å². The summed E-state index contributed by atoms with van der Waals surface area (Å²) in [5.41, 5.74) is 8.34. The fourth-order valence-electron chi connectivity index (χ4n) is 3.50. The Balaban J connectivity index is 1.34. The topological polar surface area (TPSA) is 106 Å². The number of ether oxygens (including phenoxy) is 1. The lowest BCUT2D eigenvalue weighted by molar-refractivity contribution is -0.127. The van der Waals surface area contributed by atoms with Gasteiger partial charge in [0.05, 0.1) is 11.4 Å². The van der Waals surface area contributed by atoms with Crippen LogP contribution in [0.4, 0.5) is 10.2 Å². The van der Waals surface area contributed by atoms with E-state index >= 15 is 0 Å². The van der Waals surface area contributed by atoms with Gasteiger partial charge in [-0.1, -0.05) is 11.6 Å². The molecule has 1 atom stereocenters. The number of anilines is 1. The van der Waals surface area contributed by atoms with Crippen molar-refractivity contribution in [2.75, 3.05) is 12.3 Å². The maximum Gasteiger partial charge on any atom is 0.261 e. The maximum atomic E-state index is 13.2. The van der Waals surface area contributed by atoms with Gasteiger partial charge in [-0.05, 0) is 60.9 Å². The Morgan fingerprint density at radius 1 is 1.35 bits per heavy atom. The number of carbonyl (C=O) groups excluding carboxylic acids is 1. The number of nitrogen functional groups attached to an aromatic ring is 1. The van der Waals surface area contributed by atoms with Gasteiger partial charge in [0, 0.05) is 18.0 Å². The number of aryl methyl sites for hydroxylation is 1. The fourth-order valence-corrected chi connectivity index (χ4v) is 3.69. The minimum atomic E-state index is -0.587. The van der Waals surface area contributed by atoms with Crippen molar-refractivity contribution in [1.82, 2.24) is 15.1 Å². The van der Waals surface area contributed by atoms with E-state index in [-0.39, 0.29) is 23.1 Å². The molecule has 1 aromatic heterocycles. The zero-order valence-electron chi connectivity index (χ0n) is 16.4. The molecule has 0 spiro atoms. The van der Waals surface area contributed by atoms with E-state index in [1.807, 2.05) is 0 Å². The minimum absolute atomic E-state index is 0.198. The lowest BCUT2D eigenvalue weighted by Crippen LogP contribution is -2.38. The molecule has 0 aliphatic carbocycles. The van der Waals surface area contributed by atoms with E-state index in [1.54, 1.807) is 18.2 Å². The molecular formula is C22H19ClFN5O2. The number of hydrogen-bond donors (Lipinski definition) is 2. The number of aromatic nitrogens is 2. The van der Waals surface area contributed by atoms with E-state index in [9.17, 15) is 14.4 Å². The van der Waals surface area contributed by atoms with Crippen molar-refractivity contribution in [2.24, 2.45) is 0 Å². The Kier molecular flexibility index (Phi) is 5.78. The summed E-state index contributed by atoms with van der Waals surface area (Å²) in [7, 11) is 0. The van der Waals surface area contributed by atoms with Crippen LogP contribution in [0, 0.1) is 17.1 Å². The van der Waals surface area contributed by atoms with Gasteiger partial charge >= 0.3 is 0 Å². The van der Waals surface area contributed by atoms with Gasteiger partial charge < -0.3 is 15.8 Å². The minimum Gasteiger partial charge on any atom is -0.480 e. The van der Waals surface area contributed by atoms with E-state index in [4.69, 9.17) is 22.1 Å². The number of fused-ring (bicyclic) bond motifs is 1. The van der Waals surface area contributed by atoms with Crippen LogP contribution in [0.5, 0.6) is 5.75 Å². The van der Waals surface area contributed by atoms with Crippen LogP contribution in [-0.4, -0.2) is 28.3 Å². The third-order valence-electron chi connectivity index (χ3n) is 5.06. The van der Waals surface area contributed by atoms with E-state index in [1.165, 1.54) is 28.9 Å². The van der Waals surface area contributed by atoms with E-state index in [0.29, 0.717) is 48.0 Å². The number of nitrogens with one attached hydrogen (secondary N) is 1. The molecule has 0 fully saturated rings. The van der Waals surface area contributed by atoms with Gasteiger partial charge in [-0.15, -0.1) is 0 Å². The molecule has 0 saturated heterocycles. The number of amides is 1. The van der Waals surface area contributed by atoms with Crippen LogP contribution in [-0.2, 0) is 17.6 Å². The first-order valence-electron chi connectivity index (χ1n) is 9.72. The zero-order chi connectivity index (χ0) is 22.0. The highest BCUT2D eigenvalue weighted by Gasteiger charge is 2.29. The molecule has 0 radical (unpaired) electrons. The summed E-state index contributed by atoms with van der Waals surface area (Å²) in [6.07, 6.45) is 0.893. The predicted molar refractivity (Wildman–Crippen MR) is 114 cm³/mol. The van der Waals surface area contributed by atoms with Crippen molar-refractivity contribution < 1.29 is 13.9 Å². The van der Waals surface area contributed by atoms with E-state index in [0.717, 1.165) is 5.56 Å². The van der Waals surface area contributed by atoms with Crippen molar-refractivity contribution in [3.8, 4) is 17.5 Å². The fraction of sp³-hybridized carbons (Fsp3) is 0.227. The van der Waals surface area contributed by atoms with E-state index in [2.05, 4.69) is 16.5 Å². The van der Waals surface area contributed by atoms with Gasteiger partial charge in [0.2, 0.25) is 0 Å². The summed E-state index contributed by atoms with van der Waals surface area (Å²) < 4.78 is 20.3. The molecule has 3 N–H and O–H groups in total. The second-order valence-corrected chi connectivity index (χ2v) is 7.60. The van der Waals surface area contributed by atoms with Crippen molar-refractivity contribution in [1.29, 1.82) is 5.26 Å². The number of benzene rings is 2. The smallest absolute Gasteiger partial charge is 0.261 e. The molecule has 31 heavy (non-hydrogen) atoms. The quantitative estimate of drug-likeness (QED) is 0.574. The molecule has 1 unspecified atom stereocenters. The normalized spacial score (nSPS) is 14.5. The number of halogens is 2. The molecule has 9 heteroatoms. The molecule has 1 amide bonds. The first kappa shape index (κ1) is 20.7. The Hall–Kier alpha value is -3.57. The summed E-state index contributed by atoms with van der Waals surface area (Å²) in [5.74, 6) is 0.293. The molecule has 7 nitrogen and oxygen atoms in total. The van der Waals surface area contributed by atoms with Crippen LogP contribution in [0.2, 0.25) is 5.02 Å². The number of carbonyl (C=O) groups is 1. The zero-order valence-corrected chi connectivity index (χ0v) is 17.2. The third kappa shape index (κ3) is 4.32. The van der Waals surface area contributed by atoms with Crippen molar-refractivity contribution in [3.05, 3.63) is 70.1 Å². The summed E-state index contributed by atoms with van der Waals surface area (Å²) in [4.78, 5) is 12.4. The monoisotopic (exact) mass is 439 g/mol. The second-order valence-electron chi connectivity index (χ2n) is 7.16. The molecule has 1 aliphatic heterocycles. The van der Waals surface area contributed by atoms with Gasteiger partial charge in [-0.2, -0.15) is 10.4 Å². The van der Waals surface area contributed by atoms with Crippen molar-refractivity contribution in [3.63, 3.8) is 0 Å².